The maximum atomic E-state index is 12.4. The Morgan fingerprint density at radius 3 is 1.93 bits per heavy atom. The SMILES string of the molecule is COc1ccc(C2=CC(=Cc3cc(OC)c(OC)c(OC)c3)C(=O)O2)cc1OC. The molecule has 152 valence electrons. The van der Waals surface area contributed by atoms with E-state index in [4.69, 9.17) is 28.4 Å². The van der Waals surface area contributed by atoms with E-state index in [0.717, 1.165) is 0 Å². The topological polar surface area (TPSA) is 72.5 Å². The van der Waals surface area contributed by atoms with Gasteiger partial charge in [0.2, 0.25) is 5.75 Å². The maximum Gasteiger partial charge on any atom is 0.343 e. The van der Waals surface area contributed by atoms with Crippen LogP contribution in [0.15, 0.2) is 42.0 Å². The summed E-state index contributed by atoms with van der Waals surface area (Å²) in [4.78, 5) is 12.4. The average Bonchev–Trinajstić information content (AvgIpc) is 3.12. The Kier molecular flexibility index (Phi) is 5.97. The Balaban J connectivity index is 1.99. The van der Waals surface area contributed by atoms with Crippen molar-refractivity contribution in [1.29, 1.82) is 0 Å². The number of rotatable bonds is 7. The number of carbonyl (C=O) groups excluding carboxylic acids is 1. The number of ether oxygens (including phenoxy) is 6. The first-order valence-electron chi connectivity index (χ1n) is 8.72. The predicted molar refractivity (Wildman–Crippen MR) is 108 cm³/mol. The minimum atomic E-state index is -0.455. The van der Waals surface area contributed by atoms with E-state index in [-0.39, 0.29) is 0 Å². The summed E-state index contributed by atoms with van der Waals surface area (Å²) in [5.74, 6) is 2.58. The van der Waals surface area contributed by atoms with Crippen LogP contribution in [0.3, 0.4) is 0 Å². The highest BCUT2D eigenvalue weighted by Gasteiger charge is 2.23. The molecule has 0 N–H and O–H groups in total. The van der Waals surface area contributed by atoms with E-state index in [0.29, 0.717) is 51.2 Å². The van der Waals surface area contributed by atoms with Crippen LogP contribution >= 0.6 is 0 Å². The fraction of sp³-hybridized carbons (Fsp3) is 0.227. The minimum Gasteiger partial charge on any atom is -0.493 e. The lowest BCUT2D eigenvalue weighted by molar-refractivity contribution is -0.130. The van der Waals surface area contributed by atoms with Crippen LogP contribution in [0, 0.1) is 0 Å². The molecule has 2 aromatic carbocycles. The molecular formula is C22H22O7. The minimum absolute atomic E-state index is 0.393. The third kappa shape index (κ3) is 3.99. The zero-order valence-corrected chi connectivity index (χ0v) is 16.9. The molecule has 1 aliphatic heterocycles. The Hall–Kier alpha value is -3.61. The average molecular weight is 398 g/mol. The van der Waals surface area contributed by atoms with Crippen LogP contribution in [0.2, 0.25) is 0 Å². The van der Waals surface area contributed by atoms with E-state index in [9.17, 15) is 4.79 Å². The maximum absolute atomic E-state index is 12.4. The van der Waals surface area contributed by atoms with E-state index in [1.54, 1.807) is 56.7 Å². The zero-order chi connectivity index (χ0) is 21.0. The number of hydrogen-bond acceptors (Lipinski definition) is 7. The third-order valence-electron chi connectivity index (χ3n) is 4.40. The zero-order valence-electron chi connectivity index (χ0n) is 16.9. The summed E-state index contributed by atoms with van der Waals surface area (Å²) in [6.45, 7) is 0. The molecular weight excluding hydrogens is 376 g/mol. The summed E-state index contributed by atoms with van der Waals surface area (Å²) in [6.07, 6.45) is 3.37. The summed E-state index contributed by atoms with van der Waals surface area (Å²) in [5.41, 5.74) is 1.80. The second kappa shape index (κ2) is 8.60. The van der Waals surface area contributed by atoms with Crippen molar-refractivity contribution < 1.29 is 33.2 Å². The van der Waals surface area contributed by atoms with Crippen molar-refractivity contribution in [2.75, 3.05) is 35.5 Å². The van der Waals surface area contributed by atoms with E-state index >= 15 is 0 Å². The molecule has 0 bridgehead atoms. The van der Waals surface area contributed by atoms with Gasteiger partial charge in [-0.15, -0.1) is 0 Å². The number of carbonyl (C=O) groups is 1. The number of hydrogen-bond donors (Lipinski definition) is 0. The number of cyclic esters (lactones) is 1. The molecule has 0 atom stereocenters. The fourth-order valence-electron chi connectivity index (χ4n) is 2.99. The van der Waals surface area contributed by atoms with Crippen molar-refractivity contribution in [2.24, 2.45) is 0 Å². The largest absolute Gasteiger partial charge is 0.493 e. The van der Waals surface area contributed by atoms with Crippen LogP contribution in [0.25, 0.3) is 11.8 Å². The van der Waals surface area contributed by atoms with Crippen molar-refractivity contribution in [3.8, 4) is 28.7 Å². The molecule has 0 unspecified atom stereocenters. The van der Waals surface area contributed by atoms with Crippen LogP contribution < -0.4 is 23.7 Å². The quantitative estimate of drug-likeness (QED) is 0.520. The highest BCUT2D eigenvalue weighted by molar-refractivity contribution is 6.05. The van der Waals surface area contributed by atoms with Crippen molar-refractivity contribution in [1.82, 2.24) is 0 Å². The van der Waals surface area contributed by atoms with Gasteiger partial charge in [-0.3, -0.25) is 0 Å². The highest BCUT2D eigenvalue weighted by Crippen LogP contribution is 2.39. The molecule has 0 radical (unpaired) electrons. The van der Waals surface area contributed by atoms with Gasteiger partial charge in [0.05, 0.1) is 41.1 Å². The summed E-state index contributed by atoms with van der Waals surface area (Å²) in [5, 5.41) is 0. The van der Waals surface area contributed by atoms with Gasteiger partial charge >= 0.3 is 5.97 Å². The Morgan fingerprint density at radius 2 is 1.38 bits per heavy atom. The molecule has 2 aromatic rings. The molecule has 0 spiro atoms. The van der Waals surface area contributed by atoms with Crippen LogP contribution in [-0.4, -0.2) is 41.5 Å². The monoisotopic (exact) mass is 398 g/mol. The summed E-state index contributed by atoms with van der Waals surface area (Å²) in [6, 6.07) is 8.81. The van der Waals surface area contributed by atoms with E-state index < -0.39 is 5.97 Å². The first kappa shape index (κ1) is 20.1. The molecule has 0 saturated heterocycles. The van der Waals surface area contributed by atoms with Crippen molar-refractivity contribution >= 4 is 17.8 Å². The van der Waals surface area contributed by atoms with Gasteiger partial charge in [-0.1, -0.05) is 0 Å². The molecule has 3 rings (SSSR count). The van der Waals surface area contributed by atoms with E-state index in [2.05, 4.69) is 0 Å². The Labute approximate surface area is 169 Å². The van der Waals surface area contributed by atoms with Gasteiger partial charge in [-0.05, 0) is 48.0 Å². The first-order chi connectivity index (χ1) is 14.0. The molecule has 0 aromatic heterocycles. The smallest absolute Gasteiger partial charge is 0.343 e. The van der Waals surface area contributed by atoms with Crippen LogP contribution in [0.1, 0.15) is 11.1 Å². The molecule has 7 heteroatoms. The van der Waals surface area contributed by atoms with E-state index in [1.807, 2.05) is 0 Å². The molecule has 1 aliphatic rings. The summed E-state index contributed by atoms with van der Waals surface area (Å²) in [7, 11) is 7.71. The van der Waals surface area contributed by atoms with Gasteiger partial charge in [0.25, 0.3) is 0 Å². The fourth-order valence-corrected chi connectivity index (χ4v) is 2.99. The van der Waals surface area contributed by atoms with Gasteiger partial charge in [-0.25, -0.2) is 4.79 Å². The van der Waals surface area contributed by atoms with E-state index in [1.165, 1.54) is 21.3 Å². The normalized spacial score (nSPS) is 14.3. The van der Waals surface area contributed by atoms with Crippen LogP contribution in [0.5, 0.6) is 28.7 Å². The molecule has 1 heterocycles. The first-order valence-corrected chi connectivity index (χ1v) is 8.72. The Morgan fingerprint density at radius 1 is 0.759 bits per heavy atom. The van der Waals surface area contributed by atoms with Gasteiger partial charge in [0, 0.05) is 5.56 Å². The standard InChI is InChI=1S/C22H22O7/c1-24-16-7-6-14(11-18(16)25-2)17-12-15(22(23)29-17)8-13-9-19(26-3)21(28-5)20(10-13)27-4/h6-12H,1-5H3. The molecule has 0 amide bonds. The lowest BCUT2D eigenvalue weighted by atomic mass is 10.1. The number of methoxy groups -OCH3 is 5. The second-order valence-electron chi connectivity index (χ2n) is 6.03. The highest BCUT2D eigenvalue weighted by atomic mass is 16.5. The number of benzene rings is 2. The Bertz CT molecular complexity index is 964. The predicted octanol–water partition coefficient (Wildman–Crippen LogP) is 3.71. The van der Waals surface area contributed by atoms with Gasteiger partial charge in [-0.2, -0.15) is 0 Å². The molecule has 29 heavy (non-hydrogen) atoms. The van der Waals surface area contributed by atoms with Gasteiger partial charge in [0.1, 0.15) is 5.76 Å². The van der Waals surface area contributed by atoms with Gasteiger partial charge < -0.3 is 28.4 Å². The number of esters is 1. The lowest BCUT2D eigenvalue weighted by Crippen LogP contribution is -1.99. The molecule has 0 aliphatic carbocycles. The van der Waals surface area contributed by atoms with Crippen molar-refractivity contribution in [3.63, 3.8) is 0 Å². The third-order valence-corrected chi connectivity index (χ3v) is 4.40. The molecule has 0 saturated carbocycles. The van der Waals surface area contributed by atoms with Crippen molar-refractivity contribution in [2.45, 2.75) is 0 Å². The molecule has 0 fully saturated rings. The van der Waals surface area contributed by atoms with Crippen molar-refractivity contribution in [3.05, 3.63) is 53.1 Å². The molecule has 7 nitrogen and oxygen atoms in total. The van der Waals surface area contributed by atoms with Crippen LogP contribution in [-0.2, 0) is 9.53 Å². The van der Waals surface area contributed by atoms with Crippen LogP contribution in [0.4, 0.5) is 0 Å². The summed E-state index contributed by atoms with van der Waals surface area (Å²) < 4.78 is 32.0. The lowest BCUT2D eigenvalue weighted by Gasteiger charge is -2.12. The van der Waals surface area contributed by atoms with Gasteiger partial charge in [0.15, 0.2) is 23.0 Å². The summed E-state index contributed by atoms with van der Waals surface area (Å²) >= 11 is 0. The second-order valence-corrected chi connectivity index (χ2v) is 6.03.